The van der Waals surface area contributed by atoms with Crippen LogP contribution in [-0.4, -0.2) is 18.4 Å². The van der Waals surface area contributed by atoms with Gasteiger partial charge in [0.2, 0.25) is 0 Å². The van der Waals surface area contributed by atoms with Crippen molar-refractivity contribution in [3.63, 3.8) is 0 Å². The molecule has 1 fully saturated rings. The molecule has 0 heterocycles. The average Bonchev–Trinajstić information content (AvgIpc) is 2.91. The lowest BCUT2D eigenvalue weighted by Gasteiger charge is -2.32. The van der Waals surface area contributed by atoms with Crippen LogP contribution in [0.3, 0.4) is 0 Å². The van der Waals surface area contributed by atoms with Crippen molar-refractivity contribution in [3.8, 4) is 0 Å². The van der Waals surface area contributed by atoms with Crippen LogP contribution in [-0.2, 0) is 9.53 Å². The molecule has 2 atom stereocenters. The molecule has 35 heavy (non-hydrogen) atoms. The second-order valence-electron chi connectivity index (χ2n) is 9.61. The normalized spacial score (nSPS) is 15.9. The maximum Gasteiger partial charge on any atom is 0.339 e. The Morgan fingerprint density at radius 2 is 1.46 bits per heavy atom. The Morgan fingerprint density at radius 1 is 0.886 bits per heavy atom. The molecule has 3 aromatic rings. The average molecular weight is 487 g/mol. The van der Waals surface area contributed by atoms with Gasteiger partial charge in [-0.2, -0.15) is 0 Å². The zero-order valence-corrected chi connectivity index (χ0v) is 21.4. The standard InChI is InChI=1S/C31H35O3P/c1-24(21-22-32)23-29(25-13-5-2-6-14-25)34-31(33)28-19-11-12-20-30(28)35(26-15-7-3-8-16-26)27-17-9-4-10-18-27/h3-4,7-12,15-20,22,24-25,29H,2,5-6,13-14,21,23H2,1H3/t24-,29-/m0/s1. The minimum Gasteiger partial charge on any atom is -0.458 e. The molecule has 0 unspecified atom stereocenters. The number of rotatable bonds is 10. The molecule has 0 bridgehead atoms. The minimum atomic E-state index is -0.908. The highest BCUT2D eigenvalue weighted by molar-refractivity contribution is 7.80. The van der Waals surface area contributed by atoms with Crippen LogP contribution < -0.4 is 15.9 Å². The highest BCUT2D eigenvalue weighted by atomic mass is 31.1. The number of benzene rings is 3. The number of carbonyl (C=O) groups excluding carboxylic acids is 2. The molecule has 1 aliphatic carbocycles. The molecule has 0 aromatic heterocycles. The molecule has 0 N–H and O–H groups in total. The van der Waals surface area contributed by atoms with E-state index in [1.807, 2.05) is 30.3 Å². The van der Waals surface area contributed by atoms with Gasteiger partial charge in [-0.25, -0.2) is 4.79 Å². The first-order chi connectivity index (χ1) is 17.2. The van der Waals surface area contributed by atoms with E-state index in [0.29, 0.717) is 17.9 Å². The van der Waals surface area contributed by atoms with Gasteiger partial charge in [0.1, 0.15) is 12.4 Å². The van der Waals surface area contributed by atoms with Crippen molar-refractivity contribution in [1.82, 2.24) is 0 Å². The maximum atomic E-state index is 13.7. The van der Waals surface area contributed by atoms with Crippen molar-refractivity contribution < 1.29 is 14.3 Å². The van der Waals surface area contributed by atoms with Crippen LogP contribution in [0.4, 0.5) is 0 Å². The van der Waals surface area contributed by atoms with E-state index in [-0.39, 0.29) is 18.0 Å². The van der Waals surface area contributed by atoms with Gasteiger partial charge in [0.15, 0.2) is 0 Å². The number of aldehydes is 1. The highest BCUT2D eigenvalue weighted by Gasteiger charge is 2.30. The predicted octanol–water partition coefficient (Wildman–Crippen LogP) is 6.17. The smallest absolute Gasteiger partial charge is 0.339 e. The summed E-state index contributed by atoms with van der Waals surface area (Å²) in [7, 11) is -0.908. The number of ether oxygens (including phenoxy) is 1. The lowest BCUT2D eigenvalue weighted by Crippen LogP contribution is -2.33. The molecule has 3 nitrogen and oxygen atoms in total. The van der Waals surface area contributed by atoms with E-state index in [0.717, 1.165) is 30.9 Å². The van der Waals surface area contributed by atoms with Crippen LogP contribution in [0.25, 0.3) is 0 Å². The fraction of sp³-hybridized carbons (Fsp3) is 0.355. The summed E-state index contributed by atoms with van der Waals surface area (Å²) in [5.74, 6) is 0.334. The maximum absolute atomic E-state index is 13.7. The molecule has 0 spiro atoms. The largest absolute Gasteiger partial charge is 0.458 e. The lowest BCUT2D eigenvalue weighted by molar-refractivity contribution is -0.108. The van der Waals surface area contributed by atoms with Crippen molar-refractivity contribution in [3.05, 3.63) is 90.5 Å². The van der Waals surface area contributed by atoms with Crippen LogP contribution in [0.1, 0.15) is 62.2 Å². The van der Waals surface area contributed by atoms with Crippen LogP contribution >= 0.6 is 7.92 Å². The monoisotopic (exact) mass is 486 g/mol. The zero-order chi connectivity index (χ0) is 24.5. The van der Waals surface area contributed by atoms with Gasteiger partial charge in [-0.15, -0.1) is 0 Å². The van der Waals surface area contributed by atoms with Gasteiger partial charge in [0.05, 0.1) is 5.56 Å². The van der Waals surface area contributed by atoms with E-state index in [2.05, 4.69) is 61.5 Å². The summed E-state index contributed by atoms with van der Waals surface area (Å²) in [6.07, 6.45) is 7.88. The van der Waals surface area contributed by atoms with E-state index in [9.17, 15) is 9.59 Å². The molecule has 4 heteroatoms. The predicted molar refractivity (Wildman–Crippen MR) is 145 cm³/mol. The van der Waals surface area contributed by atoms with Crippen molar-refractivity contribution in [2.45, 2.75) is 58.0 Å². The van der Waals surface area contributed by atoms with E-state index in [4.69, 9.17) is 4.74 Å². The second kappa shape index (κ2) is 12.8. The number of hydrogen-bond acceptors (Lipinski definition) is 3. The Balaban J connectivity index is 1.66. The first kappa shape index (κ1) is 25.3. The Hall–Kier alpha value is -2.77. The topological polar surface area (TPSA) is 43.4 Å². The van der Waals surface area contributed by atoms with Crippen molar-refractivity contribution in [2.75, 3.05) is 0 Å². The quantitative estimate of drug-likeness (QED) is 0.196. The molecule has 0 saturated heterocycles. The molecule has 1 saturated carbocycles. The molecule has 182 valence electrons. The Morgan fingerprint density at radius 3 is 2.06 bits per heavy atom. The molecule has 3 aromatic carbocycles. The summed E-state index contributed by atoms with van der Waals surface area (Å²) < 4.78 is 6.31. The first-order valence-corrected chi connectivity index (χ1v) is 14.2. The molecule has 0 aliphatic heterocycles. The number of carbonyl (C=O) groups is 2. The van der Waals surface area contributed by atoms with Gasteiger partial charge < -0.3 is 9.53 Å². The first-order valence-electron chi connectivity index (χ1n) is 12.8. The molecule has 1 aliphatic rings. The third-order valence-corrected chi connectivity index (χ3v) is 9.46. The Bertz CT molecular complexity index is 1040. The van der Waals surface area contributed by atoms with Gasteiger partial charge in [-0.05, 0) is 61.0 Å². The van der Waals surface area contributed by atoms with Crippen LogP contribution in [0, 0.1) is 11.8 Å². The summed E-state index contributed by atoms with van der Waals surface area (Å²) in [6, 6.07) is 28.8. The van der Waals surface area contributed by atoms with Crippen LogP contribution in [0.2, 0.25) is 0 Å². The van der Waals surface area contributed by atoms with E-state index in [1.165, 1.54) is 29.9 Å². The zero-order valence-electron chi connectivity index (χ0n) is 20.5. The molecule has 0 amide bonds. The number of esters is 1. The Labute approximate surface area is 210 Å². The minimum absolute atomic E-state index is 0.148. The van der Waals surface area contributed by atoms with Gasteiger partial charge >= 0.3 is 5.97 Å². The molecular formula is C31H35O3P. The molecule has 0 radical (unpaired) electrons. The summed E-state index contributed by atoms with van der Waals surface area (Å²) in [6.45, 7) is 2.08. The van der Waals surface area contributed by atoms with Crippen LogP contribution in [0.5, 0.6) is 0 Å². The SMILES string of the molecule is C[C@@H](CC=O)C[C@H](OC(=O)c1ccccc1P(c1ccccc1)c1ccccc1)C1CCCCC1. The lowest BCUT2D eigenvalue weighted by atomic mass is 9.81. The van der Waals surface area contributed by atoms with Gasteiger partial charge in [-0.3, -0.25) is 0 Å². The van der Waals surface area contributed by atoms with Crippen LogP contribution in [0.15, 0.2) is 84.9 Å². The van der Waals surface area contributed by atoms with Crippen molar-refractivity contribution >= 4 is 36.1 Å². The summed E-state index contributed by atoms with van der Waals surface area (Å²) in [5.41, 5.74) is 0.648. The molecule has 4 rings (SSSR count). The molecular weight excluding hydrogens is 451 g/mol. The van der Waals surface area contributed by atoms with E-state index in [1.54, 1.807) is 0 Å². The van der Waals surface area contributed by atoms with Gasteiger partial charge in [0, 0.05) is 6.42 Å². The van der Waals surface area contributed by atoms with E-state index < -0.39 is 7.92 Å². The van der Waals surface area contributed by atoms with Gasteiger partial charge in [-0.1, -0.05) is 105 Å². The van der Waals surface area contributed by atoms with Gasteiger partial charge in [0.25, 0.3) is 0 Å². The van der Waals surface area contributed by atoms with Crippen molar-refractivity contribution in [2.24, 2.45) is 11.8 Å². The summed E-state index contributed by atoms with van der Waals surface area (Å²) in [5, 5.41) is 3.43. The third-order valence-electron chi connectivity index (χ3n) is 6.96. The second-order valence-corrected chi connectivity index (χ2v) is 11.8. The third kappa shape index (κ3) is 6.67. The Kier molecular flexibility index (Phi) is 9.26. The summed E-state index contributed by atoms with van der Waals surface area (Å²) >= 11 is 0. The number of hydrogen-bond donors (Lipinski definition) is 0. The fourth-order valence-corrected chi connectivity index (χ4v) is 7.56. The van der Waals surface area contributed by atoms with E-state index >= 15 is 0 Å². The summed E-state index contributed by atoms with van der Waals surface area (Å²) in [4.78, 5) is 24.8. The highest BCUT2D eigenvalue weighted by Crippen LogP contribution is 2.35. The van der Waals surface area contributed by atoms with Crippen molar-refractivity contribution in [1.29, 1.82) is 0 Å². The fourth-order valence-electron chi connectivity index (χ4n) is 5.12.